The molecule has 20 heavy (non-hydrogen) atoms. The maximum Gasteiger partial charge on any atom is 0.170 e. The molecule has 0 aliphatic carbocycles. The van der Waals surface area contributed by atoms with Gasteiger partial charge in [-0.1, -0.05) is 25.4 Å². The number of nitrogens with zero attached hydrogens (tertiary/aromatic N) is 3. The summed E-state index contributed by atoms with van der Waals surface area (Å²) in [7, 11) is 0. The molecule has 0 atom stereocenters. The summed E-state index contributed by atoms with van der Waals surface area (Å²) < 4.78 is 14.8. The zero-order chi connectivity index (χ0) is 14.7. The number of benzene rings is 1. The lowest BCUT2D eigenvalue weighted by Gasteiger charge is -2.08. The van der Waals surface area contributed by atoms with Crippen LogP contribution in [0.15, 0.2) is 24.5 Å². The van der Waals surface area contributed by atoms with Crippen molar-refractivity contribution in [2.75, 3.05) is 0 Å². The van der Waals surface area contributed by atoms with E-state index >= 15 is 0 Å². The van der Waals surface area contributed by atoms with Crippen LogP contribution < -0.4 is 0 Å². The first kappa shape index (κ1) is 14.7. The Morgan fingerprint density at radius 2 is 2.20 bits per heavy atom. The molecular weight excluding hydrogens is 281 g/mol. The van der Waals surface area contributed by atoms with Crippen molar-refractivity contribution in [1.82, 2.24) is 14.8 Å². The molecule has 4 nitrogen and oxygen atoms in total. The fraction of sp³-hybridized carbons (Fsp3) is 0.357. The van der Waals surface area contributed by atoms with Gasteiger partial charge in [-0.3, -0.25) is 4.79 Å². The number of rotatable bonds is 5. The van der Waals surface area contributed by atoms with E-state index in [2.05, 4.69) is 23.9 Å². The monoisotopic (exact) mass is 295 g/mol. The lowest BCUT2D eigenvalue weighted by atomic mass is 10.1. The first-order valence-electron chi connectivity index (χ1n) is 6.32. The lowest BCUT2D eigenvalue weighted by molar-refractivity contribution is 0.0989. The summed E-state index contributed by atoms with van der Waals surface area (Å²) in [6.07, 6.45) is 1.55. The molecule has 1 aromatic carbocycles. The van der Waals surface area contributed by atoms with Gasteiger partial charge in [0.1, 0.15) is 18.0 Å². The Labute approximate surface area is 121 Å². The third-order valence-corrected chi connectivity index (χ3v) is 3.08. The van der Waals surface area contributed by atoms with E-state index in [1.54, 1.807) is 4.68 Å². The van der Waals surface area contributed by atoms with Crippen molar-refractivity contribution in [3.8, 4) is 0 Å². The van der Waals surface area contributed by atoms with Gasteiger partial charge in [-0.05, 0) is 24.1 Å². The summed E-state index contributed by atoms with van der Waals surface area (Å²) in [5, 5.41) is 4.05. The predicted molar refractivity (Wildman–Crippen MR) is 74.3 cm³/mol. The number of Topliss-reactive ketones (excluding diaryl/α,β-unsaturated/α-hetero) is 1. The Morgan fingerprint density at radius 3 is 2.85 bits per heavy atom. The van der Waals surface area contributed by atoms with E-state index in [-0.39, 0.29) is 17.2 Å². The Balaban J connectivity index is 2.15. The Bertz CT molecular complexity index is 625. The number of ketones is 1. The van der Waals surface area contributed by atoms with Gasteiger partial charge in [0.15, 0.2) is 5.78 Å². The Hall–Kier alpha value is -1.75. The molecule has 6 heteroatoms. The van der Waals surface area contributed by atoms with Crippen LogP contribution in [0.5, 0.6) is 0 Å². The summed E-state index contributed by atoms with van der Waals surface area (Å²) in [5.41, 5.74) is 0.371. The average molecular weight is 296 g/mol. The summed E-state index contributed by atoms with van der Waals surface area (Å²) in [6.45, 7) is 4.83. The molecule has 0 amide bonds. The molecule has 0 fully saturated rings. The third kappa shape index (κ3) is 3.42. The van der Waals surface area contributed by atoms with E-state index in [9.17, 15) is 9.18 Å². The van der Waals surface area contributed by atoms with Gasteiger partial charge in [-0.2, -0.15) is 5.10 Å². The van der Waals surface area contributed by atoms with Gasteiger partial charge >= 0.3 is 0 Å². The van der Waals surface area contributed by atoms with E-state index in [4.69, 9.17) is 11.6 Å². The molecule has 0 saturated heterocycles. The van der Waals surface area contributed by atoms with E-state index < -0.39 is 5.82 Å². The molecule has 0 aliphatic rings. The minimum absolute atomic E-state index is 0.0560. The highest BCUT2D eigenvalue weighted by Gasteiger charge is 2.14. The van der Waals surface area contributed by atoms with Crippen LogP contribution in [0.25, 0.3) is 0 Å². The zero-order valence-corrected chi connectivity index (χ0v) is 12.1. The number of aromatic nitrogens is 3. The molecule has 0 radical (unpaired) electrons. The number of hydrogen-bond donors (Lipinski definition) is 0. The van der Waals surface area contributed by atoms with Crippen LogP contribution in [0.4, 0.5) is 4.39 Å². The molecule has 0 unspecified atom stereocenters. The molecule has 2 rings (SSSR count). The van der Waals surface area contributed by atoms with Crippen molar-refractivity contribution in [2.24, 2.45) is 5.92 Å². The second-order valence-corrected chi connectivity index (χ2v) is 5.39. The second-order valence-electron chi connectivity index (χ2n) is 4.98. The predicted octanol–water partition coefficient (Wildman–Crippen LogP) is 3.15. The van der Waals surface area contributed by atoms with E-state index in [0.29, 0.717) is 23.9 Å². The molecule has 0 bridgehead atoms. The van der Waals surface area contributed by atoms with Gasteiger partial charge in [-0.25, -0.2) is 14.1 Å². The number of halogens is 2. The van der Waals surface area contributed by atoms with Crippen molar-refractivity contribution >= 4 is 17.4 Å². The second kappa shape index (κ2) is 6.13. The molecule has 106 valence electrons. The summed E-state index contributed by atoms with van der Waals surface area (Å²) in [4.78, 5) is 16.3. The van der Waals surface area contributed by atoms with Crippen molar-refractivity contribution in [1.29, 1.82) is 0 Å². The van der Waals surface area contributed by atoms with Gasteiger partial charge in [-0.15, -0.1) is 0 Å². The van der Waals surface area contributed by atoms with Crippen molar-refractivity contribution in [3.05, 3.63) is 46.8 Å². The smallest absolute Gasteiger partial charge is 0.170 e. The first-order chi connectivity index (χ1) is 9.47. The lowest BCUT2D eigenvalue weighted by Crippen LogP contribution is -2.14. The van der Waals surface area contributed by atoms with E-state index in [1.165, 1.54) is 24.5 Å². The highest BCUT2D eigenvalue weighted by molar-refractivity contribution is 6.31. The van der Waals surface area contributed by atoms with Gasteiger partial charge in [0.25, 0.3) is 0 Å². The Kier molecular flexibility index (Phi) is 4.49. The molecule has 1 heterocycles. The van der Waals surface area contributed by atoms with Crippen LogP contribution >= 0.6 is 11.6 Å². The number of carbonyl (C=O) groups is 1. The van der Waals surface area contributed by atoms with Gasteiger partial charge in [0.2, 0.25) is 0 Å². The highest BCUT2D eigenvalue weighted by atomic mass is 35.5. The van der Waals surface area contributed by atoms with Gasteiger partial charge in [0.05, 0.1) is 11.4 Å². The van der Waals surface area contributed by atoms with Crippen LogP contribution in [0.1, 0.15) is 30.0 Å². The molecule has 0 saturated carbocycles. The van der Waals surface area contributed by atoms with Crippen LogP contribution in [0.3, 0.4) is 0 Å². The van der Waals surface area contributed by atoms with Crippen LogP contribution in [0.2, 0.25) is 5.02 Å². The van der Waals surface area contributed by atoms with Crippen molar-refractivity contribution in [2.45, 2.75) is 26.8 Å². The molecule has 0 spiro atoms. The first-order valence-corrected chi connectivity index (χ1v) is 6.70. The van der Waals surface area contributed by atoms with E-state index in [1.807, 2.05) is 0 Å². The summed E-state index contributed by atoms with van der Waals surface area (Å²) >= 11 is 5.68. The SMILES string of the molecule is CC(C)Cn1ncnc1CC(=O)c1ccc(F)c(Cl)c1. The molecule has 0 aliphatic heterocycles. The highest BCUT2D eigenvalue weighted by Crippen LogP contribution is 2.17. The summed E-state index contributed by atoms with van der Waals surface area (Å²) in [5.74, 6) is 0.311. The summed E-state index contributed by atoms with van der Waals surface area (Å²) in [6, 6.07) is 3.95. The van der Waals surface area contributed by atoms with E-state index in [0.717, 1.165) is 0 Å². The van der Waals surface area contributed by atoms with Crippen LogP contribution in [-0.4, -0.2) is 20.5 Å². The minimum atomic E-state index is -0.536. The Morgan fingerprint density at radius 1 is 1.45 bits per heavy atom. The molecule has 2 aromatic rings. The van der Waals surface area contributed by atoms with Gasteiger partial charge in [0, 0.05) is 12.1 Å². The average Bonchev–Trinajstić information content (AvgIpc) is 2.79. The largest absolute Gasteiger partial charge is 0.294 e. The molecular formula is C14H15ClFN3O. The van der Waals surface area contributed by atoms with Crippen LogP contribution in [0, 0.1) is 11.7 Å². The quantitative estimate of drug-likeness (QED) is 0.796. The molecule has 1 aromatic heterocycles. The number of hydrogen-bond acceptors (Lipinski definition) is 3. The normalized spacial score (nSPS) is 11.1. The van der Waals surface area contributed by atoms with Crippen LogP contribution in [-0.2, 0) is 13.0 Å². The minimum Gasteiger partial charge on any atom is -0.294 e. The maximum absolute atomic E-state index is 13.1. The van der Waals surface area contributed by atoms with Crippen molar-refractivity contribution in [3.63, 3.8) is 0 Å². The molecule has 0 N–H and O–H groups in total. The fourth-order valence-corrected chi connectivity index (χ4v) is 2.02. The zero-order valence-electron chi connectivity index (χ0n) is 11.3. The topological polar surface area (TPSA) is 47.8 Å². The van der Waals surface area contributed by atoms with Crippen molar-refractivity contribution < 1.29 is 9.18 Å². The third-order valence-electron chi connectivity index (χ3n) is 2.79. The van der Waals surface area contributed by atoms with Gasteiger partial charge < -0.3 is 0 Å². The fourth-order valence-electron chi connectivity index (χ4n) is 1.84. The maximum atomic E-state index is 13.1. The standard InChI is InChI=1S/C14H15ClFN3O/c1-9(2)7-19-14(17-8-18-19)6-13(20)10-3-4-12(16)11(15)5-10/h3-5,8-9H,6-7H2,1-2H3. The number of carbonyl (C=O) groups excluding carboxylic acids is 1.